The molecule has 3 heterocycles. The monoisotopic (exact) mass is 249 g/mol. The van der Waals surface area contributed by atoms with Crippen LogP contribution < -0.4 is 4.90 Å². The van der Waals surface area contributed by atoms with Gasteiger partial charge in [0.2, 0.25) is 0 Å². The molecule has 1 N–H and O–H groups in total. The third kappa shape index (κ3) is 2.12. The topological polar surface area (TPSA) is 49.2 Å². The number of hydrogen-bond donors (Lipinski definition) is 1. The minimum Gasteiger partial charge on any atom is -0.396 e. The minimum absolute atomic E-state index is 0.277. The van der Waals surface area contributed by atoms with Crippen molar-refractivity contribution in [2.24, 2.45) is 5.92 Å². The highest BCUT2D eigenvalue weighted by Crippen LogP contribution is 2.30. The average Bonchev–Trinajstić information content (AvgIpc) is 2.82. The number of rotatable bonds is 2. The number of piperidine rings is 1. The Balaban J connectivity index is 1.87. The van der Waals surface area contributed by atoms with Gasteiger partial charge in [0.25, 0.3) is 0 Å². The van der Waals surface area contributed by atoms with Crippen LogP contribution in [0.4, 0.5) is 5.13 Å². The molecular weight excluding hydrogens is 234 g/mol. The molecule has 1 aliphatic heterocycles. The van der Waals surface area contributed by atoms with Gasteiger partial charge in [0, 0.05) is 25.9 Å². The molecule has 0 unspecified atom stereocenters. The first-order valence-corrected chi connectivity index (χ1v) is 6.76. The molecule has 1 atom stereocenters. The van der Waals surface area contributed by atoms with E-state index >= 15 is 0 Å². The van der Waals surface area contributed by atoms with Gasteiger partial charge in [-0.3, -0.25) is 0 Å². The van der Waals surface area contributed by atoms with E-state index in [9.17, 15) is 5.11 Å². The van der Waals surface area contributed by atoms with Crippen LogP contribution >= 0.6 is 11.3 Å². The number of anilines is 1. The molecule has 0 bridgehead atoms. The highest BCUT2D eigenvalue weighted by molar-refractivity contribution is 7.21. The van der Waals surface area contributed by atoms with E-state index in [0.29, 0.717) is 5.92 Å². The van der Waals surface area contributed by atoms with E-state index in [1.54, 1.807) is 17.5 Å². The van der Waals surface area contributed by atoms with Gasteiger partial charge in [-0.25, -0.2) is 9.97 Å². The molecule has 4 nitrogen and oxygen atoms in total. The smallest absolute Gasteiger partial charge is 0.187 e. The van der Waals surface area contributed by atoms with Crippen LogP contribution in [0.15, 0.2) is 18.3 Å². The van der Waals surface area contributed by atoms with Crippen molar-refractivity contribution in [3.63, 3.8) is 0 Å². The SMILES string of the molecule is OC[C@H]1CCCN(c2nc3cccnc3s2)C1. The van der Waals surface area contributed by atoms with Crippen LogP contribution in [-0.2, 0) is 0 Å². The van der Waals surface area contributed by atoms with Crippen molar-refractivity contribution >= 4 is 26.8 Å². The van der Waals surface area contributed by atoms with Gasteiger partial charge in [-0.1, -0.05) is 11.3 Å². The molecule has 0 aromatic carbocycles. The van der Waals surface area contributed by atoms with E-state index in [2.05, 4.69) is 14.9 Å². The first-order chi connectivity index (χ1) is 8.36. The lowest BCUT2D eigenvalue weighted by atomic mass is 10.00. The molecule has 17 heavy (non-hydrogen) atoms. The van der Waals surface area contributed by atoms with Gasteiger partial charge in [-0.15, -0.1) is 0 Å². The fourth-order valence-electron chi connectivity index (χ4n) is 2.28. The maximum atomic E-state index is 9.24. The second kappa shape index (κ2) is 4.58. The highest BCUT2D eigenvalue weighted by atomic mass is 32.1. The van der Waals surface area contributed by atoms with Crippen LogP contribution in [0.5, 0.6) is 0 Å². The molecule has 0 radical (unpaired) electrons. The van der Waals surface area contributed by atoms with Gasteiger partial charge in [0.15, 0.2) is 5.13 Å². The normalized spacial score (nSPS) is 21.0. The van der Waals surface area contributed by atoms with Crippen LogP contribution in [0.2, 0.25) is 0 Å². The molecule has 1 aliphatic rings. The number of thiazole rings is 1. The Labute approximate surface area is 104 Å². The van der Waals surface area contributed by atoms with E-state index in [4.69, 9.17) is 0 Å². The van der Waals surface area contributed by atoms with Crippen molar-refractivity contribution in [3.05, 3.63) is 18.3 Å². The van der Waals surface area contributed by atoms with Crippen molar-refractivity contribution in [3.8, 4) is 0 Å². The lowest BCUT2D eigenvalue weighted by Gasteiger charge is -2.31. The molecule has 0 amide bonds. The highest BCUT2D eigenvalue weighted by Gasteiger charge is 2.21. The summed E-state index contributed by atoms with van der Waals surface area (Å²) >= 11 is 1.64. The summed E-state index contributed by atoms with van der Waals surface area (Å²) in [4.78, 5) is 12.2. The third-order valence-corrected chi connectivity index (χ3v) is 4.24. The minimum atomic E-state index is 0.277. The van der Waals surface area contributed by atoms with E-state index in [1.807, 2.05) is 12.1 Å². The van der Waals surface area contributed by atoms with Crippen molar-refractivity contribution in [1.82, 2.24) is 9.97 Å². The number of fused-ring (bicyclic) bond motifs is 1. The molecule has 3 rings (SSSR count). The van der Waals surface area contributed by atoms with E-state index in [0.717, 1.165) is 41.4 Å². The van der Waals surface area contributed by atoms with Gasteiger partial charge in [-0.05, 0) is 30.9 Å². The Bertz CT molecular complexity index is 480. The summed E-state index contributed by atoms with van der Waals surface area (Å²) in [5, 5.41) is 10.3. The number of hydrogen-bond acceptors (Lipinski definition) is 5. The van der Waals surface area contributed by atoms with Crippen LogP contribution in [0.1, 0.15) is 12.8 Å². The summed E-state index contributed by atoms with van der Waals surface area (Å²) in [7, 11) is 0. The number of nitrogens with zero attached hydrogens (tertiary/aromatic N) is 3. The fraction of sp³-hybridized carbons (Fsp3) is 0.500. The van der Waals surface area contributed by atoms with Gasteiger partial charge >= 0.3 is 0 Å². The molecule has 1 saturated heterocycles. The van der Waals surface area contributed by atoms with E-state index in [1.165, 1.54) is 0 Å². The van der Waals surface area contributed by atoms with Crippen molar-refractivity contribution in [1.29, 1.82) is 0 Å². The lowest BCUT2D eigenvalue weighted by Crippen LogP contribution is -2.36. The Morgan fingerprint density at radius 1 is 1.53 bits per heavy atom. The maximum absolute atomic E-state index is 9.24. The Kier molecular flexibility index (Phi) is 2.94. The molecule has 2 aromatic heterocycles. The molecule has 2 aromatic rings. The van der Waals surface area contributed by atoms with E-state index in [-0.39, 0.29) is 6.61 Å². The maximum Gasteiger partial charge on any atom is 0.187 e. The van der Waals surface area contributed by atoms with Crippen LogP contribution in [-0.4, -0.2) is 34.8 Å². The van der Waals surface area contributed by atoms with Crippen LogP contribution in [0, 0.1) is 5.92 Å². The number of aromatic nitrogens is 2. The number of aliphatic hydroxyl groups is 1. The standard InChI is InChI=1S/C12H15N3OS/c16-8-9-3-2-6-15(7-9)12-14-10-4-1-5-13-11(10)17-12/h1,4-5,9,16H,2-3,6-8H2/t9-/m0/s1. The molecule has 5 heteroatoms. The summed E-state index contributed by atoms with van der Waals surface area (Å²) in [6.45, 7) is 2.23. The van der Waals surface area contributed by atoms with Gasteiger partial charge in [-0.2, -0.15) is 0 Å². The fourth-order valence-corrected chi connectivity index (χ4v) is 3.23. The van der Waals surface area contributed by atoms with Crippen LogP contribution in [0.3, 0.4) is 0 Å². The van der Waals surface area contributed by atoms with Crippen LogP contribution in [0.25, 0.3) is 10.3 Å². The van der Waals surface area contributed by atoms with Crippen molar-refractivity contribution in [2.75, 3.05) is 24.6 Å². The quantitative estimate of drug-likeness (QED) is 0.883. The molecule has 0 spiro atoms. The first-order valence-electron chi connectivity index (χ1n) is 5.94. The third-order valence-electron chi connectivity index (χ3n) is 3.20. The zero-order valence-corrected chi connectivity index (χ0v) is 10.4. The zero-order valence-electron chi connectivity index (χ0n) is 9.54. The molecule has 1 fully saturated rings. The molecule has 0 saturated carbocycles. The average molecular weight is 249 g/mol. The molecular formula is C12H15N3OS. The number of pyridine rings is 1. The molecule has 90 valence electrons. The van der Waals surface area contributed by atoms with Gasteiger partial charge in [0.1, 0.15) is 10.3 Å². The summed E-state index contributed by atoms with van der Waals surface area (Å²) in [6.07, 6.45) is 4.06. The van der Waals surface area contributed by atoms with Gasteiger partial charge < -0.3 is 10.0 Å². The number of aliphatic hydroxyl groups excluding tert-OH is 1. The Morgan fingerprint density at radius 3 is 3.29 bits per heavy atom. The van der Waals surface area contributed by atoms with E-state index < -0.39 is 0 Å². The van der Waals surface area contributed by atoms with Crippen molar-refractivity contribution in [2.45, 2.75) is 12.8 Å². The second-order valence-corrected chi connectivity index (χ2v) is 5.42. The predicted octanol–water partition coefficient (Wildman–Crippen LogP) is 1.90. The zero-order chi connectivity index (χ0) is 11.7. The first kappa shape index (κ1) is 10.9. The second-order valence-electron chi connectivity index (χ2n) is 4.46. The molecule has 0 aliphatic carbocycles. The summed E-state index contributed by atoms with van der Waals surface area (Å²) in [6, 6.07) is 3.91. The lowest BCUT2D eigenvalue weighted by molar-refractivity contribution is 0.208. The summed E-state index contributed by atoms with van der Waals surface area (Å²) in [5.41, 5.74) is 0.971. The largest absolute Gasteiger partial charge is 0.396 e. The Morgan fingerprint density at radius 2 is 2.47 bits per heavy atom. The Hall–Kier alpha value is -1.20. The summed E-state index contributed by atoms with van der Waals surface area (Å²) < 4.78 is 0. The van der Waals surface area contributed by atoms with Gasteiger partial charge in [0.05, 0.1) is 0 Å². The van der Waals surface area contributed by atoms with Crippen molar-refractivity contribution < 1.29 is 5.11 Å². The predicted molar refractivity (Wildman–Crippen MR) is 69.4 cm³/mol. The summed E-state index contributed by atoms with van der Waals surface area (Å²) in [5.74, 6) is 0.392.